The predicted molar refractivity (Wildman–Crippen MR) is 58.6 cm³/mol. The Morgan fingerprint density at radius 2 is 2.40 bits per heavy atom. The normalized spacial score (nSPS) is 12.9. The van der Waals surface area contributed by atoms with Gasteiger partial charge in [-0.05, 0) is 25.3 Å². The van der Waals surface area contributed by atoms with Crippen molar-refractivity contribution in [2.24, 2.45) is 0 Å². The van der Waals surface area contributed by atoms with Crippen LogP contribution in [0.5, 0.6) is 0 Å². The smallest absolute Gasteiger partial charge is 0.121 e. The molecule has 0 radical (unpaired) electrons. The van der Waals surface area contributed by atoms with E-state index < -0.39 is 0 Å². The van der Waals surface area contributed by atoms with E-state index in [0.29, 0.717) is 12.6 Å². The van der Waals surface area contributed by atoms with Crippen molar-refractivity contribution >= 4 is 11.3 Å². The van der Waals surface area contributed by atoms with Crippen LogP contribution in [0.4, 0.5) is 0 Å². The first-order chi connectivity index (χ1) is 7.27. The average molecular weight is 223 g/mol. The van der Waals surface area contributed by atoms with E-state index in [1.807, 2.05) is 6.92 Å². The summed E-state index contributed by atoms with van der Waals surface area (Å²) in [5, 5.41) is 13.0. The highest BCUT2D eigenvalue weighted by Crippen LogP contribution is 2.18. The third kappa shape index (κ3) is 2.43. The fraction of sp³-hybridized carbons (Fsp3) is 0.400. The molecule has 80 valence electrons. The van der Waals surface area contributed by atoms with Gasteiger partial charge in [-0.1, -0.05) is 16.4 Å². The highest BCUT2D eigenvalue weighted by Gasteiger charge is 2.09. The van der Waals surface area contributed by atoms with E-state index in [4.69, 9.17) is 0 Å². The van der Waals surface area contributed by atoms with Crippen molar-refractivity contribution in [2.45, 2.75) is 26.4 Å². The molecule has 0 fully saturated rings. The van der Waals surface area contributed by atoms with Gasteiger partial charge in [-0.15, -0.1) is 11.3 Å². The number of aryl methyl sites for hydroxylation is 1. The van der Waals surface area contributed by atoms with Gasteiger partial charge < -0.3 is 5.32 Å². The predicted octanol–water partition coefficient (Wildman–Crippen LogP) is 2.29. The van der Waals surface area contributed by atoms with E-state index in [2.05, 4.69) is 44.7 Å². The van der Waals surface area contributed by atoms with Crippen LogP contribution in [0.15, 0.2) is 22.1 Å². The summed E-state index contributed by atoms with van der Waals surface area (Å²) < 4.78 is 4.63. The molecule has 2 aromatic rings. The second-order valence-electron chi connectivity index (χ2n) is 3.41. The standard InChI is InChI=1S/C10H13N3OS/c1-7-9(13-14-12-7)6-11-8(2)10-4-3-5-15-10/h3-5,8,11H,6H2,1-2H3. The molecule has 15 heavy (non-hydrogen) atoms. The molecule has 1 unspecified atom stereocenters. The second-order valence-corrected chi connectivity index (χ2v) is 4.39. The van der Waals surface area contributed by atoms with E-state index in [-0.39, 0.29) is 0 Å². The molecule has 1 atom stereocenters. The third-order valence-corrected chi connectivity index (χ3v) is 3.35. The highest BCUT2D eigenvalue weighted by molar-refractivity contribution is 7.10. The van der Waals surface area contributed by atoms with Crippen LogP contribution in [-0.4, -0.2) is 10.3 Å². The molecule has 2 aromatic heterocycles. The van der Waals surface area contributed by atoms with E-state index >= 15 is 0 Å². The van der Waals surface area contributed by atoms with Gasteiger partial charge in [-0.25, -0.2) is 4.63 Å². The SMILES string of the molecule is Cc1nonc1CNC(C)c1cccs1. The first-order valence-electron chi connectivity index (χ1n) is 4.82. The molecule has 0 amide bonds. The van der Waals surface area contributed by atoms with Gasteiger partial charge in [0.2, 0.25) is 0 Å². The maximum Gasteiger partial charge on any atom is 0.121 e. The Bertz CT molecular complexity index is 410. The third-order valence-electron chi connectivity index (χ3n) is 2.29. The van der Waals surface area contributed by atoms with E-state index in [1.54, 1.807) is 11.3 Å². The Labute approximate surface area is 92.3 Å². The zero-order valence-electron chi connectivity index (χ0n) is 8.73. The van der Waals surface area contributed by atoms with Gasteiger partial charge in [0, 0.05) is 17.5 Å². The molecule has 2 heterocycles. The fourth-order valence-corrected chi connectivity index (χ4v) is 2.06. The molecule has 5 heteroatoms. The number of hydrogen-bond acceptors (Lipinski definition) is 5. The van der Waals surface area contributed by atoms with Gasteiger partial charge in [0.15, 0.2) is 0 Å². The highest BCUT2D eigenvalue weighted by atomic mass is 32.1. The van der Waals surface area contributed by atoms with Gasteiger partial charge in [-0.3, -0.25) is 0 Å². The van der Waals surface area contributed by atoms with Crippen molar-refractivity contribution in [3.63, 3.8) is 0 Å². The molecular formula is C10H13N3OS. The lowest BCUT2D eigenvalue weighted by Crippen LogP contribution is -2.17. The summed E-state index contributed by atoms with van der Waals surface area (Å²) in [7, 11) is 0. The Morgan fingerprint density at radius 3 is 3.00 bits per heavy atom. The largest absolute Gasteiger partial charge is 0.304 e. The van der Waals surface area contributed by atoms with E-state index in [0.717, 1.165) is 11.4 Å². The molecular weight excluding hydrogens is 210 g/mol. The molecule has 0 saturated carbocycles. The lowest BCUT2D eigenvalue weighted by molar-refractivity contribution is 0.300. The van der Waals surface area contributed by atoms with Crippen molar-refractivity contribution in [3.05, 3.63) is 33.8 Å². The van der Waals surface area contributed by atoms with Gasteiger partial charge >= 0.3 is 0 Å². The van der Waals surface area contributed by atoms with Gasteiger partial charge in [0.1, 0.15) is 11.4 Å². The summed E-state index contributed by atoms with van der Waals surface area (Å²) in [4.78, 5) is 1.32. The molecule has 0 aliphatic carbocycles. The Hall–Kier alpha value is -1.20. The van der Waals surface area contributed by atoms with E-state index in [1.165, 1.54) is 4.88 Å². The first-order valence-corrected chi connectivity index (χ1v) is 5.70. The van der Waals surface area contributed by atoms with Crippen LogP contribution in [0, 0.1) is 6.92 Å². The van der Waals surface area contributed by atoms with Crippen LogP contribution >= 0.6 is 11.3 Å². The molecule has 0 aromatic carbocycles. The van der Waals surface area contributed by atoms with Gasteiger partial charge in [-0.2, -0.15) is 0 Å². The second kappa shape index (κ2) is 4.55. The van der Waals surface area contributed by atoms with Crippen LogP contribution in [-0.2, 0) is 6.54 Å². The van der Waals surface area contributed by atoms with Crippen molar-refractivity contribution < 1.29 is 4.63 Å². The first kappa shape index (κ1) is 10.3. The molecule has 0 bridgehead atoms. The van der Waals surface area contributed by atoms with Crippen molar-refractivity contribution in [1.29, 1.82) is 0 Å². The minimum atomic E-state index is 0.334. The Balaban J connectivity index is 1.91. The summed E-state index contributed by atoms with van der Waals surface area (Å²) in [5.74, 6) is 0. The number of nitrogens with zero attached hydrogens (tertiary/aromatic N) is 2. The maximum atomic E-state index is 4.63. The minimum Gasteiger partial charge on any atom is -0.304 e. The quantitative estimate of drug-likeness (QED) is 0.864. The maximum absolute atomic E-state index is 4.63. The zero-order chi connectivity index (χ0) is 10.7. The van der Waals surface area contributed by atoms with Crippen LogP contribution < -0.4 is 5.32 Å². The van der Waals surface area contributed by atoms with Crippen molar-refractivity contribution in [1.82, 2.24) is 15.6 Å². The molecule has 0 spiro atoms. The lowest BCUT2D eigenvalue weighted by Gasteiger charge is -2.10. The molecule has 0 aliphatic rings. The van der Waals surface area contributed by atoms with Crippen molar-refractivity contribution in [2.75, 3.05) is 0 Å². The lowest BCUT2D eigenvalue weighted by atomic mass is 10.2. The molecule has 2 rings (SSSR count). The topological polar surface area (TPSA) is 51.0 Å². The number of thiophene rings is 1. The fourth-order valence-electron chi connectivity index (χ4n) is 1.30. The number of hydrogen-bond donors (Lipinski definition) is 1. The van der Waals surface area contributed by atoms with Crippen LogP contribution in [0.3, 0.4) is 0 Å². The van der Waals surface area contributed by atoms with Crippen LogP contribution in [0.1, 0.15) is 29.2 Å². The molecule has 0 aliphatic heterocycles. The van der Waals surface area contributed by atoms with E-state index in [9.17, 15) is 0 Å². The van der Waals surface area contributed by atoms with Crippen LogP contribution in [0.25, 0.3) is 0 Å². The molecule has 1 N–H and O–H groups in total. The monoisotopic (exact) mass is 223 g/mol. The summed E-state index contributed by atoms with van der Waals surface area (Å²) in [6.45, 7) is 4.71. The number of rotatable bonds is 4. The number of nitrogens with one attached hydrogen (secondary N) is 1. The summed E-state index contributed by atoms with van der Waals surface area (Å²) in [6.07, 6.45) is 0. The zero-order valence-corrected chi connectivity index (χ0v) is 9.54. The summed E-state index contributed by atoms with van der Waals surface area (Å²) >= 11 is 1.75. The Morgan fingerprint density at radius 1 is 1.53 bits per heavy atom. The van der Waals surface area contributed by atoms with Gasteiger partial charge in [0.05, 0.1) is 0 Å². The van der Waals surface area contributed by atoms with Crippen molar-refractivity contribution in [3.8, 4) is 0 Å². The number of aromatic nitrogens is 2. The minimum absolute atomic E-state index is 0.334. The summed E-state index contributed by atoms with van der Waals surface area (Å²) in [5.41, 5.74) is 1.72. The Kier molecular flexibility index (Phi) is 3.13. The molecule has 4 nitrogen and oxygen atoms in total. The van der Waals surface area contributed by atoms with Gasteiger partial charge in [0.25, 0.3) is 0 Å². The van der Waals surface area contributed by atoms with Crippen LogP contribution in [0.2, 0.25) is 0 Å². The molecule has 0 saturated heterocycles. The summed E-state index contributed by atoms with van der Waals surface area (Å²) in [6, 6.07) is 4.51. The average Bonchev–Trinajstić information content (AvgIpc) is 2.85.